The quantitative estimate of drug-likeness (QED) is 0.428. The van der Waals surface area contributed by atoms with Crippen LogP contribution in [-0.4, -0.2) is 42.2 Å². The highest BCUT2D eigenvalue weighted by Crippen LogP contribution is 2.35. The van der Waals surface area contributed by atoms with E-state index >= 15 is 0 Å². The Morgan fingerprint density at radius 3 is 2.62 bits per heavy atom. The summed E-state index contributed by atoms with van der Waals surface area (Å²) in [5, 5.41) is 2.08. The first-order chi connectivity index (χ1) is 15.9. The number of ether oxygens (including phenoxy) is 1. The van der Waals surface area contributed by atoms with Gasteiger partial charge in [0.25, 0.3) is 5.91 Å². The monoisotopic (exact) mass is 490 g/mol. The van der Waals surface area contributed by atoms with Gasteiger partial charge in [-0.1, -0.05) is 6.07 Å². The number of pyridine rings is 1. The van der Waals surface area contributed by atoms with E-state index in [4.69, 9.17) is 16.2 Å². The van der Waals surface area contributed by atoms with Crippen LogP contribution < -0.4 is 16.2 Å². The van der Waals surface area contributed by atoms with Crippen LogP contribution in [0.3, 0.4) is 0 Å². The standard InChI is InChI=1S/C24H25F3N4O2S/c1-14(6-7-24(25,26)27)33-20-10-16(4-5-18(20)23(29)32)19-9-17(11-30-22(19)28)21-8-15(13-34-21)12-31(2)3/h4-11,13-14H,12H2,1-3H3,(H2,28,30)(H2,29,32)/b7-6+. The molecule has 0 aliphatic heterocycles. The van der Waals surface area contributed by atoms with Crippen LogP contribution in [0.15, 0.2) is 54.1 Å². The van der Waals surface area contributed by atoms with Crippen molar-refractivity contribution in [3.8, 4) is 27.3 Å². The highest BCUT2D eigenvalue weighted by Gasteiger charge is 2.23. The van der Waals surface area contributed by atoms with Crippen molar-refractivity contribution < 1.29 is 22.7 Å². The Morgan fingerprint density at radius 1 is 1.24 bits per heavy atom. The number of carbonyl (C=O) groups excluding carboxylic acids is 1. The maximum absolute atomic E-state index is 12.5. The number of benzene rings is 1. The number of carbonyl (C=O) groups is 1. The molecule has 0 bridgehead atoms. The molecule has 0 aliphatic carbocycles. The Morgan fingerprint density at radius 2 is 1.97 bits per heavy atom. The number of hydrogen-bond donors (Lipinski definition) is 2. The lowest BCUT2D eigenvalue weighted by atomic mass is 10.0. The highest BCUT2D eigenvalue weighted by atomic mass is 32.1. The van der Waals surface area contributed by atoms with Crippen LogP contribution in [0.4, 0.5) is 19.0 Å². The Labute approximate surface area is 199 Å². The van der Waals surface area contributed by atoms with Crippen molar-refractivity contribution in [2.45, 2.75) is 25.7 Å². The van der Waals surface area contributed by atoms with Crippen LogP contribution in [0.5, 0.6) is 5.75 Å². The molecule has 1 atom stereocenters. The molecule has 0 radical (unpaired) electrons. The second kappa shape index (κ2) is 10.3. The smallest absolute Gasteiger partial charge is 0.409 e. The summed E-state index contributed by atoms with van der Waals surface area (Å²) in [6, 6.07) is 8.59. The Hall–Kier alpha value is -3.37. The lowest BCUT2D eigenvalue weighted by molar-refractivity contribution is -0.0804. The topological polar surface area (TPSA) is 94.5 Å². The Balaban J connectivity index is 1.97. The van der Waals surface area contributed by atoms with Crippen LogP contribution in [0.2, 0.25) is 0 Å². The number of nitrogen functional groups attached to an aromatic ring is 1. The molecule has 0 spiro atoms. The molecular formula is C24H25F3N4O2S. The molecule has 0 saturated carbocycles. The molecule has 0 aliphatic rings. The van der Waals surface area contributed by atoms with Gasteiger partial charge in [0.2, 0.25) is 0 Å². The van der Waals surface area contributed by atoms with Crippen molar-refractivity contribution >= 4 is 23.1 Å². The number of allylic oxidation sites excluding steroid dienone is 1. The average Bonchev–Trinajstić information content (AvgIpc) is 3.19. The van der Waals surface area contributed by atoms with Crippen molar-refractivity contribution in [1.82, 2.24) is 9.88 Å². The molecule has 1 unspecified atom stereocenters. The summed E-state index contributed by atoms with van der Waals surface area (Å²) >= 11 is 1.59. The summed E-state index contributed by atoms with van der Waals surface area (Å²) in [6.07, 6.45) is -2.80. The van der Waals surface area contributed by atoms with E-state index in [2.05, 4.69) is 21.3 Å². The van der Waals surface area contributed by atoms with Crippen LogP contribution >= 0.6 is 11.3 Å². The van der Waals surface area contributed by atoms with Gasteiger partial charge in [-0.3, -0.25) is 4.79 Å². The molecule has 0 saturated heterocycles. The molecule has 10 heteroatoms. The normalized spacial score (nSPS) is 12.9. The van der Waals surface area contributed by atoms with E-state index in [0.29, 0.717) is 11.1 Å². The number of hydrogen-bond acceptors (Lipinski definition) is 6. The average molecular weight is 491 g/mol. The number of amides is 1. The lowest BCUT2D eigenvalue weighted by Gasteiger charge is -2.16. The third kappa shape index (κ3) is 6.58. The largest absolute Gasteiger partial charge is 0.486 e. The molecule has 3 aromatic rings. The van der Waals surface area contributed by atoms with Gasteiger partial charge in [-0.05, 0) is 67.9 Å². The molecule has 1 aromatic carbocycles. The molecule has 4 N–H and O–H groups in total. The molecule has 1 amide bonds. The molecule has 34 heavy (non-hydrogen) atoms. The molecule has 2 aromatic heterocycles. The maximum atomic E-state index is 12.5. The summed E-state index contributed by atoms with van der Waals surface area (Å²) in [5.74, 6) is -0.449. The number of aromatic nitrogens is 1. The van der Waals surface area contributed by atoms with Crippen molar-refractivity contribution in [1.29, 1.82) is 0 Å². The summed E-state index contributed by atoms with van der Waals surface area (Å²) in [7, 11) is 3.99. The molecule has 3 rings (SSSR count). The predicted octanol–water partition coefficient (Wildman–Crippen LogP) is 5.11. The summed E-state index contributed by atoms with van der Waals surface area (Å²) in [5.41, 5.74) is 14.8. The molecule has 180 valence electrons. The fourth-order valence-corrected chi connectivity index (χ4v) is 4.18. The minimum absolute atomic E-state index is 0.0466. The molecule has 6 nitrogen and oxygen atoms in total. The summed E-state index contributed by atoms with van der Waals surface area (Å²) in [4.78, 5) is 19.3. The third-order valence-electron chi connectivity index (χ3n) is 4.78. The zero-order valence-corrected chi connectivity index (χ0v) is 19.7. The number of halogens is 3. The second-order valence-corrected chi connectivity index (χ2v) is 8.92. The van der Waals surface area contributed by atoms with Crippen LogP contribution in [0.1, 0.15) is 22.8 Å². The number of primary amides is 1. The zero-order valence-electron chi connectivity index (χ0n) is 18.9. The number of alkyl halides is 3. The summed E-state index contributed by atoms with van der Waals surface area (Å²) in [6.45, 7) is 2.24. The van der Waals surface area contributed by atoms with Crippen molar-refractivity contribution in [3.63, 3.8) is 0 Å². The van der Waals surface area contributed by atoms with Crippen LogP contribution in [-0.2, 0) is 6.54 Å². The van der Waals surface area contributed by atoms with Gasteiger partial charge >= 0.3 is 6.18 Å². The van der Waals surface area contributed by atoms with Gasteiger partial charge in [0.15, 0.2) is 0 Å². The van der Waals surface area contributed by atoms with Gasteiger partial charge in [0.05, 0.1) is 5.56 Å². The first-order valence-corrected chi connectivity index (χ1v) is 11.2. The van der Waals surface area contributed by atoms with E-state index in [-0.39, 0.29) is 23.2 Å². The SMILES string of the molecule is CC(/C=C/C(F)(F)F)Oc1cc(-c2cc(-c3cc(CN(C)C)cs3)cnc2N)ccc1C(N)=O. The van der Waals surface area contributed by atoms with Crippen molar-refractivity contribution in [2.75, 3.05) is 19.8 Å². The van der Waals surface area contributed by atoms with Crippen molar-refractivity contribution in [3.05, 3.63) is 65.2 Å². The fraction of sp³-hybridized carbons (Fsp3) is 0.250. The van der Waals surface area contributed by atoms with E-state index in [1.54, 1.807) is 23.6 Å². The molecular weight excluding hydrogens is 465 g/mol. The predicted molar refractivity (Wildman–Crippen MR) is 129 cm³/mol. The lowest BCUT2D eigenvalue weighted by Crippen LogP contribution is -2.17. The minimum atomic E-state index is -4.47. The maximum Gasteiger partial charge on any atom is 0.409 e. The van der Waals surface area contributed by atoms with Crippen LogP contribution in [0, 0.1) is 0 Å². The number of rotatable bonds is 8. The van der Waals surface area contributed by atoms with Gasteiger partial charge < -0.3 is 21.1 Å². The van der Waals surface area contributed by atoms with E-state index < -0.39 is 18.2 Å². The van der Waals surface area contributed by atoms with Gasteiger partial charge in [0, 0.05) is 34.8 Å². The minimum Gasteiger partial charge on any atom is -0.486 e. The fourth-order valence-electron chi connectivity index (χ4n) is 3.29. The van der Waals surface area contributed by atoms with Gasteiger partial charge in [-0.25, -0.2) is 4.98 Å². The van der Waals surface area contributed by atoms with Crippen molar-refractivity contribution in [2.24, 2.45) is 5.73 Å². The number of thiophene rings is 1. The first-order valence-electron chi connectivity index (χ1n) is 10.3. The van der Waals surface area contributed by atoms with Gasteiger partial charge in [-0.15, -0.1) is 11.3 Å². The Bertz CT molecular complexity index is 1210. The molecule has 0 fully saturated rings. The van der Waals surface area contributed by atoms with E-state index in [0.717, 1.165) is 23.1 Å². The van der Waals surface area contributed by atoms with E-state index in [1.165, 1.54) is 24.6 Å². The summed E-state index contributed by atoms with van der Waals surface area (Å²) < 4.78 is 43.1. The highest BCUT2D eigenvalue weighted by molar-refractivity contribution is 7.13. The number of nitrogens with two attached hydrogens (primary N) is 2. The number of anilines is 1. The second-order valence-electron chi connectivity index (χ2n) is 8.01. The Kier molecular flexibility index (Phi) is 7.63. The van der Waals surface area contributed by atoms with E-state index in [1.807, 2.05) is 20.2 Å². The van der Waals surface area contributed by atoms with Crippen LogP contribution in [0.25, 0.3) is 21.6 Å². The van der Waals surface area contributed by atoms with Gasteiger partial charge in [0.1, 0.15) is 17.7 Å². The van der Waals surface area contributed by atoms with E-state index in [9.17, 15) is 18.0 Å². The first kappa shape index (κ1) is 25.3. The number of nitrogens with zero attached hydrogens (tertiary/aromatic N) is 2. The molecule has 2 heterocycles. The zero-order chi connectivity index (χ0) is 25.0. The van der Waals surface area contributed by atoms with Gasteiger partial charge in [-0.2, -0.15) is 13.2 Å². The third-order valence-corrected chi connectivity index (χ3v) is 5.81.